The first-order valence-corrected chi connectivity index (χ1v) is 6.61. The van der Waals surface area contributed by atoms with E-state index in [9.17, 15) is 15.2 Å². The lowest BCUT2D eigenvalue weighted by molar-refractivity contribution is -0.388. The molecule has 7 heteroatoms. The number of hydrogen-bond acceptors (Lipinski definition) is 5. The van der Waals surface area contributed by atoms with Crippen LogP contribution in [-0.2, 0) is 7.05 Å². The molecule has 2 heterocycles. The number of aliphatic hydroxyl groups excluding tert-OH is 1. The van der Waals surface area contributed by atoms with Gasteiger partial charge in [-0.3, -0.25) is 4.57 Å². The predicted octanol–water partition coefficient (Wildman–Crippen LogP) is 1.38. The zero-order chi connectivity index (χ0) is 14.0. The van der Waals surface area contributed by atoms with Crippen molar-refractivity contribution in [2.45, 2.75) is 38.6 Å². The molecular formula is C12H20N4O3. The van der Waals surface area contributed by atoms with Gasteiger partial charge in [-0.05, 0) is 22.7 Å². The summed E-state index contributed by atoms with van der Waals surface area (Å²) in [6.45, 7) is 2.49. The molecule has 1 atom stereocenters. The molecule has 2 rings (SSSR count). The fraction of sp³-hybridized carbons (Fsp3) is 0.750. The van der Waals surface area contributed by atoms with Crippen LogP contribution in [0.2, 0.25) is 0 Å². The molecule has 1 N–H and O–H groups in total. The lowest BCUT2D eigenvalue weighted by atomic mass is 10.1. The average Bonchev–Trinajstić information content (AvgIpc) is 2.57. The van der Waals surface area contributed by atoms with Crippen molar-refractivity contribution in [1.82, 2.24) is 9.55 Å². The molecule has 0 spiro atoms. The van der Waals surface area contributed by atoms with Crippen LogP contribution in [0, 0.1) is 17.0 Å². The fourth-order valence-electron chi connectivity index (χ4n) is 2.67. The van der Waals surface area contributed by atoms with Crippen molar-refractivity contribution in [1.29, 1.82) is 0 Å². The first-order valence-electron chi connectivity index (χ1n) is 6.61. The predicted molar refractivity (Wildman–Crippen MR) is 71.3 cm³/mol. The van der Waals surface area contributed by atoms with Gasteiger partial charge < -0.3 is 20.1 Å². The van der Waals surface area contributed by atoms with Crippen molar-refractivity contribution >= 4 is 11.6 Å². The summed E-state index contributed by atoms with van der Waals surface area (Å²) >= 11 is 0. The SMILES string of the molecule is Cc1nc([N+](=O)[O-])c(N2CCCCCC2CO)n1C. The highest BCUT2D eigenvalue weighted by atomic mass is 16.6. The van der Waals surface area contributed by atoms with Crippen molar-refractivity contribution in [3.05, 3.63) is 15.9 Å². The molecular weight excluding hydrogens is 248 g/mol. The van der Waals surface area contributed by atoms with Crippen molar-refractivity contribution in [2.75, 3.05) is 18.1 Å². The Morgan fingerprint density at radius 1 is 1.47 bits per heavy atom. The summed E-state index contributed by atoms with van der Waals surface area (Å²) in [5.41, 5.74) is 0. The molecule has 106 valence electrons. The van der Waals surface area contributed by atoms with Gasteiger partial charge in [-0.1, -0.05) is 12.8 Å². The second-order valence-electron chi connectivity index (χ2n) is 5.00. The molecule has 1 unspecified atom stereocenters. The van der Waals surface area contributed by atoms with E-state index in [1.54, 1.807) is 18.5 Å². The third kappa shape index (κ3) is 2.56. The van der Waals surface area contributed by atoms with Crippen LogP contribution in [0.1, 0.15) is 31.5 Å². The van der Waals surface area contributed by atoms with Crippen LogP contribution in [0.3, 0.4) is 0 Å². The summed E-state index contributed by atoms with van der Waals surface area (Å²) in [6, 6.07) is -0.0593. The number of aryl methyl sites for hydroxylation is 1. The van der Waals surface area contributed by atoms with Crippen LogP contribution in [0.25, 0.3) is 0 Å². The van der Waals surface area contributed by atoms with E-state index in [1.807, 2.05) is 4.90 Å². The van der Waals surface area contributed by atoms with E-state index in [4.69, 9.17) is 0 Å². The van der Waals surface area contributed by atoms with Gasteiger partial charge in [-0.15, -0.1) is 0 Å². The molecule has 0 radical (unpaired) electrons. The maximum atomic E-state index is 11.2. The molecule has 1 fully saturated rings. The highest BCUT2D eigenvalue weighted by Gasteiger charge is 2.32. The minimum absolute atomic E-state index is 0.0153. The standard InChI is InChI=1S/C12H20N4O3/c1-9-13-11(16(18)19)12(14(9)2)15-7-5-3-4-6-10(15)8-17/h10,17H,3-8H2,1-2H3. The number of nitrogens with zero attached hydrogens (tertiary/aromatic N) is 4. The van der Waals surface area contributed by atoms with Crippen LogP contribution in [0.5, 0.6) is 0 Å². The van der Waals surface area contributed by atoms with Crippen LogP contribution >= 0.6 is 0 Å². The first kappa shape index (κ1) is 13.8. The van der Waals surface area contributed by atoms with Gasteiger partial charge >= 0.3 is 5.82 Å². The summed E-state index contributed by atoms with van der Waals surface area (Å²) < 4.78 is 1.74. The number of rotatable bonds is 3. The van der Waals surface area contributed by atoms with Crippen molar-refractivity contribution in [2.24, 2.45) is 7.05 Å². The van der Waals surface area contributed by atoms with Crippen LogP contribution in [-0.4, -0.2) is 38.8 Å². The van der Waals surface area contributed by atoms with Crippen molar-refractivity contribution in [3.8, 4) is 0 Å². The van der Waals surface area contributed by atoms with Crippen LogP contribution in [0.4, 0.5) is 11.6 Å². The number of hydrogen-bond donors (Lipinski definition) is 1. The summed E-state index contributed by atoms with van der Waals surface area (Å²) in [4.78, 5) is 16.7. The molecule has 1 aromatic heterocycles. The van der Waals surface area contributed by atoms with E-state index in [1.165, 1.54) is 0 Å². The van der Waals surface area contributed by atoms with E-state index in [-0.39, 0.29) is 18.5 Å². The van der Waals surface area contributed by atoms with Gasteiger partial charge in [0.25, 0.3) is 0 Å². The number of aliphatic hydroxyl groups is 1. The van der Waals surface area contributed by atoms with Gasteiger partial charge in [-0.25, -0.2) is 0 Å². The Kier molecular flexibility index (Phi) is 4.04. The fourth-order valence-corrected chi connectivity index (χ4v) is 2.67. The minimum atomic E-state index is -0.443. The van der Waals surface area contributed by atoms with Gasteiger partial charge in [0, 0.05) is 20.5 Å². The maximum absolute atomic E-state index is 11.2. The van der Waals surface area contributed by atoms with E-state index < -0.39 is 4.92 Å². The van der Waals surface area contributed by atoms with Crippen molar-refractivity contribution < 1.29 is 10.0 Å². The van der Waals surface area contributed by atoms with Crippen LogP contribution < -0.4 is 4.90 Å². The molecule has 0 saturated carbocycles. The topological polar surface area (TPSA) is 84.4 Å². The molecule has 1 aliphatic heterocycles. The molecule has 0 aromatic carbocycles. The van der Waals surface area contributed by atoms with Crippen molar-refractivity contribution in [3.63, 3.8) is 0 Å². The molecule has 0 aliphatic carbocycles. The van der Waals surface area contributed by atoms with Gasteiger partial charge in [-0.2, -0.15) is 0 Å². The van der Waals surface area contributed by atoms with Gasteiger partial charge in [0.05, 0.1) is 12.6 Å². The molecule has 0 amide bonds. The van der Waals surface area contributed by atoms with E-state index in [0.717, 1.165) is 32.2 Å². The zero-order valence-corrected chi connectivity index (χ0v) is 11.4. The summed E-state index contributed by atoms with van der Waals surface area (Å²) in [5, 5.41) is 20.7. The number of anilines is 1. The zero-order valence-electron chi connectivity index (χ0n) is 11.4. The van der Waals surface area contributed by atoms with E-state index >= 15 is 0 Å². The Morgan fingerprint density at radius 2 is 2.21 bits per heavy atom. The average molecular weight is 268 g/mol. The Balaban J connectivity index is 2.45. The summed E-state index contributed by atoms with van der Waals surface area (Å²) in [7, 11) is 1.78. The Morgan fingerprint density at radius 3 is 2.84 bits per heavy atom. The Bertz CT molecular complexity index is 472. The first-order chi connectivity index (χ1) is 9.06. The number of aromatic nitrogens is 2. The highest BCUT2D eigenvalue weighted by Crippen LogP contribution is 2.32. The van der Waals surface area contributed by atoms with Gasteiger partial charge in [0.2, 0.25) is 11.6 Å². The molecule has 7 nitrogen and oxygen atoms in total. The number of imidazole rings is 1. The summed E-state index contributed by atoms with van der Waals surface area (Å²) in [6.07, 6.45) is 3.99. The highest BCUT2D eigenvalue weighted by molar-refractivity contribution is 5.56. The second-order valence-corrected chi connectivity index (χ2v) is 5.00. The van der Waals surface area contributed by atoms with E-state index in [2.05, 4.69) is 4.98 Å². The molecule has 0 bridgehead atoms. The largest absolute Gasteiger partial charge is 0.406 e. The minimum Gasteiger partial charge on any atom is -0.394 e. The second kappa shape index (κ2) is 5.56. The van der Waals surface area contributed by atoms with E-state index in [0.29, 0.717) is 11.6 Å². The molecule has 19 heavy (non-hydrogen) atoms. The van der Waals surface area contributed by atoms with Crippen LogP contribution in [0.15, 0.2) is 0 Å². The monoisotopic (exact) mass is 268 g/mol. The quantitative estimate of drug-likeness (QED) is 0.661. The van der Waals surface area contributed by atoms with Gasteiger partial charge in [0.15, 0.2) is 0 Å². The molecule has 1 aliphatic rings. The molecule has 1 aromatic rings. The lowest BCUT2D eigenvalue weighted by Gasteiger charge is -2.29. The lowest BCUT2D eigenvalue weighted by Crippen LogP contribution is -2.39. The normalized spacial score (nSPS) is 20.4. The summed E-state index contributed by atoms with van der Waals surface area (Å²) in [5.74, 6) is 1.02. The molecule has 1 saturated heterocycles. The Hall–Kier alpha value is -1.63. The number of nitro groups is 1. The Labute approximate surface area is 112 Å². The third-order valence-corrected chi connectivity index (χ3v) is 3.80. The maximum Gasteiger partial charge on any atom is 0.406 e. The van der Waals surface area contributed by atoms with Gasteiger partial charge in [0.1, 0.15) is 0 Å². The third-order valence-electron chi connectivity index (χ3n) is 3.80. The smallest absolute Gasteiger partial charge is 0.394 e.